The van der Waals surface area contributed by atoms with Gasteiger partial charge in [0, 0.05) is 19.8 Å². The fourth-order valence-corrected chi connectivity index (χ4v) is 1.47. The van der Waals surface area contributed by atoms with Crippen molar-refractivity contribution in [2.24, 2.45) is 5.73 Å². The van der Waals surface area contributed by atoms with Crippen molar-refractivity contribution in [1.29, 1.82) is 0 Å². The number of methoxy groups -OCH3 is 1. The Morgan fingerprint density at radius 1 is 1.57 bits per heavy atom. The zero-order chi connectivity index (χ0) is 11.2. The standard InChI is InChI=1S/C10H22N2O2/c1-8(2)12-10(3,9(11)13)6-5-7-14-4/h8,12H,5-7H2,1-4H3,(H2,11,13). The van der Waals surface area contributed by atoms with Crippen LogP contribution in [0.25, 0.3) is 0 Å². The van der Waals surface area contributed by atoms with Crippen LogP contribution in [-0.2, 0) is 9.53 Å². The van der Waals surface area contributed by atoms with Gasteiger partial charge in [-0.3, -0.25) is 4.79 Å². The molecule has 0 saturated heterocycles. The topological polar surface area (TPSA) is 64.3 Å². The van der Waals surface area contributed by atoms with Crippen LogP contribution < -0.4 is 11.1 Å². The van der Waals surface area contributed by atoms with Crippen molar-refractivity contribution in [2.75, 3.05) is 13.7 Å². The summed E-state index contributed by atoms with van der Waals surface area (Å²) in [5.74, 6) is -0.303. The van der Waals surface area contributed by atoms with E-state index in [1.54, 1.807) is 7.11 Å². The number of carbonyl (C=O) groups is 1. The lowest BCUT2D eigenvalue weighted by molar-refractivity contribution is -0.124. The number of hydrogen-bond acceptors (Lipinski definition) is 3. The Hall–Kier alpha value is -0.610. The van der Waals surface area contributed by atoms with Crippen molar-refractivity contribution in [1.82, 2.24) is 5.32 Å². The van der Waals surface area contributed by atoms with E-state index in [4.69, 9.17) is 10.5 Å². The number of rotatable bonds is 7. The summed E-state index contributed by atoms with van der Waals surface area (Å²) < 4.78 is 4.94. The largest absolute Gasteiger partial charge is 0.385 e. The van der Waals surface area contributed by atoms with E-state index in [9.17, 15) is 4.79 Å². The van der Waals surface area contributed by atoms with Crippen LogP contribution in [0, 0.1) is 0 Å². The van der Waals surface area contributed by atoms with Crippen LogP contribution in [0.1, 0.15) is 33.6 Å². The molecule has 1 unspecified atom stereocenters. The van der Waals surface area contributed by atoms with Crippen molar-refractivity contribution in [3.8, 4) is 0 Å². The van der Waals surface area contributed by atoms with E-state index in [0.717, 1.165) is 6.42 Å². The van der Waals surface area contributed by atoms with Gasteiger partial charge in [-0.15, -0.1) is 0 Å². The van der Waals surface area contributed by atoms with Gasteiger partial charge in [0.2, 0.25) is 5.91 Å². The lowest BCUT2D eigenvalue weighted by Gasteiger charge is -2.29. The number of hydrogen-bond donors (Lipinski definition) is 2. The van der Waals surface area contributed by atoms with Gasteiger partial charge in [0.1, 0.15) is 0 Å². The molecule has 1 atom stereocenters. The van der Waals surface area contributed by atoms with E-state index in [-0.39, 0.29) is 11.9 Å². The summed E-state index contributed by atoms with van der Waals surface area (Å²) >= 11 is 0. The number of carbonyl (C=O) groups excluding carboxylic acids is 1. The molecule has 4 heteroatoms. The number of nitrogens with one attached hydrogen (secondary N) is 1. The van der Waals surface area contributed by atoms with Crippen molar-refractivity contribution in [2.45, 2.75) is 45.2 Å². The lowest BCUT2D eigenvalue weighted by atomic mass is 9.94. The van der Waals surface area contributed by atoms with Crippen molar-refractivity contribution in [3.05, 3.63) is 0 Å². The Morgan fingerprint density at radius 3 is 2.50 bits per heavy atom. The molecule has 1 amide bonds. The maximum Gasteiger partial charge on any atom is 0.237 e. The molecule has 0 aromatic carbocycles. The van der Waals surface area contributed by atoms with E-state index in [1.165, 1.54) is 0 Å². The predicted octanol–water partition coefficient (Wildman–Crippen LogP) is 0.655. The maximum atomic E-state index is 11.3. The van der Waals surface area contributed by atoms with E-state index in [0.29, 0.717) is 13.0 Å². The van der Waals surface area contributed by atoms with E-state index in [2.05, 4.69) is 5.32 Å². The van der Waals surface area contributed by atoms with Crippen LogP contribution in [0.2, 0.25) is 0 Å². The van der Waals surface area contributed by atoms with Gasteiger partial charge in [0.05, 0.1) is 5.54 Å². The highest BCUT2D eigenvalue weighted by Crippen LogP contribution is 2.12. The molecular weight excluding hydrogens is 180 g/mol. The summed E-state index contributed by atoms with van der Waals surface area (Å²) in [6.07, 6.45) is 1.53. The van der Waals surface area contributed by atoms with Crippen LogP contribution in [-0.4, -0.2) is 31.2 Å². The third kappa shape index (κ3) is 4.58. The van der Waals surface area contributed by atoms with Crippen LogP contribution in [0.4, 0.5) is 0 Å². The minimum absolute atomic E-state index is 0.245. The molecule has 0 heterocycles. The van der Waals surface area contributed by atoms with Gasteiger partial charge in [-0.2, -0.15) is 0 Å². The second kappa shape index (κ2) is 5.98. The molecule has 0 radical (unpaired) electrons. The molecule has 0 aliphatic heterocycles. The molecule has 0 rings (SSSR count). The van der Waals surface area contributed by atoms with Gasteiger partial charge in [0.15, 0.2) is 0 Å². The Labute approximate surface area is 86.2 Å². The number of amides is 1. The second-order valence-corrected chi connectivity index (χ2v) is 4.09. The fourth-order valence-electron chi connectivity index (χ4n) is 1.47. The highest BCUT2D eigenvalue weighted by Gasteiger charge is 2.30. The first-order valence-corrected chi connectivity index (χ1v) is 4.99. The van der Waals surface area contributed by atoms with Crippen molar-refractivity contribution in [3.63, 3.8) is 0 Å². The molecule has 0 aromatic heterocycles. The van der Waals surface area contributed by atoms with Crippen molar-refractivity contribution < 1.29 is 9.53 Å². The summed E-state index contributed by atoms with van der Waals surface area (Å²) in [7, 11) is 1.65. The molecule has 3 N–H and O–H groups in total. The average molecular weight is 202 g/mol. The van der Waals surface area contributed by atoms with Gasteiger partial charge in [-0.05, 0) is 33.6 Å². The Bertz CT molecular complexity index is 183. The molecule has 84 valence electrons. The number of ether oxygens (including phenoxy) is 1. The van der Waals surface area contributed by atoms with E-state index >= 15 is 0 Å². The summed E-state index contributed by atoms with van der Waals surface area (Å²) in [5, 5.41) is 3.18. The third-order valence-corrected chi connectivity index (χ3v) is 2.18. The van der Waals surface area contributed by atoms with E-state index in [1.807, 2.05) is 20.8 Å². The van der Waals surface area contributed by atoms with Crippen LogP contribution in [0.5, 0.6) is 0 Å². The summed E-state index contributed by atoms with van der Waals surface area (Å²) in [4.78, 5) is 11.3. The number of primary amides is 1. The fraction of sp³-hybridized carbons (Fsp3) is 0.900. The monoisotopic (exact) mass is 202 g/mol. The Morgan fingerprint density at radius 2 is 2.14 bits per heavy atom. The predicted molar refractivity (Wildman–Crippen MR) is 57.0 cm³/mol. The highest BCUT2D eigenvalue weighted by atomic mass is 16.5. The maximum absolute atomic E-state index is 11.3. The Kier molecular flexibility index (Phi) is 5.72. The van der Waals surface area contributed by atoms with Gasteiger partial charge < -0.3 is 15.8 Å². The average Bonchev–Trinajstić information content (AvgIpc) is 2.03. The molecule has 0 bridgehead atoms. The first-order chi connectivity index (χ1) is 6.42. The second-order valence-electron chi connectivity index (χ2n) is 4.09. The third-order valence-electron chi connectivity index (χ3n) is 2.18. The van der Waals surface area contributed by atoms with Crippen LogP contribution >= 0.6 is 0 Å². The smallest absolute Gasteiger partial charge is 0.237 e. The van der Waals surface area contributed by atoms with Crippen LogP contribution in [0.3, 0.4) is 0 Å². The van der Waals surface area contributed by atoms with Crippen LogP contribution in [0.15, 0.2) is 0 Å². The van der Waals surface area contributed by atoms with Gasteiger partial charge in [0.25, 0.3) is 0 Å². The molecule has 0 fully saturated rings. The number of nitrogens with two attached hydrogens (primary N) is 1. The summed E-state index contributed by atoms with van der Waals surface area (Å²) in [6.45, 7) is 6.49. The molecular formula is C10H22N2O2. The molecule has 0 aromatic rings. The summed E-state index contributed by atoms with van der Waals surface area (Å²) in [5.41, 5.74) is 4.74. The van der Waals surface area contributed by atoms with E-state index < -0.39 is 5.54 Å². The summed E-state index contributed by atoms with van der Waals surface area (Å²) in [6, 6.07) is 0.245. The van der Waals surface area contributed by atoms with Gasteiger partial charge in [-0.1, -0.05) is 0 Å². The van der Waals surface area contributed by atoms with Gasteiger partial charge >= 0.3 is 0 Å². The highest BCUT2D eigenvalue weighted by molar-refractivity contribution is 5.84. The molecule has 14 heavy (non-hydrogen) atoms. The minimum Gasteiger partial charge on any atom is -0.385 e. The zero-order valence-corrected chi connectivity index (χ0v) is 9.59. The SMILES string of the molecule is COCCCC(C)(NC(C)C)C(N)=O. The molecule has 0 spiro atoms. The normalized spacial score (nSPS) is 15.5. The molecule has 0 aliphatic rings. The lowest BCUT2D eigenvalue weighted by Crippen LogP contribution is -2.55. The first-order valence-electron chi connectivity index (χ1n) is 4.99. The van der Waals surface area contributed by atoms with Crippen molar-refractivity contribution >= 4 is 5.91 Å². The minimum atomic E-state index is -0.618. The first kappa shape index (κ1) is 13.4. The quantitative estimate of drug-likeness (QED) is 0.596. The van der Waals surface area contributed by atoms with Gasteiger partial charge in [-0.25, -0.2) is 0 Å². The molecule has 0 saturated carbocycles. The zero-order valence-electron chi connectivity index (χ0n) is 9.59. The molecule has 4 nitrogen and oxygen atoms in total. The molecule has 0 aliphatic carbocycles. The Balaban J connectivity index is 4.17.